The molecule has 0 spiro atoms. The molecule has 33 heavy (non-hydrogen) atoms. The van der Waals surface area contributed by atoms with Crippen molar-refractivity contribution < 1.29 is 13.9 Å². The fourth-order valence-electron chi connectivity index (χ4n) is 4.76. The van der Waals surface area contributed by atoms with E-state index in [-0.39, 0.29) is 12.1 Å². The summed E-state index contributed by atoms with van der Waals surface area (Å²) in [6.45, 7) is 5.14. The summed E-state index contributed by atoms with van der Waals surface area (Å²) in [7, 11) is 0. The van der Waals surface area contributed by atoms with Crippen molar-refractivity contribution in [3.8, 4) is 22.3 Å². The summed E-state index contributed by atoms with van der Waals surface area (Å²) in [6.07, 6.45) is 5.47. The molecule has 7 heteroatoms. The minimum atomic E-state index is -0.544. The normalized spacial score (nSPS) is 21.8. The number of nitrogens with zero attached hydrogens (tertiary/aromatic N) is 2. The van der Waals surface area contributed by atoms with Gasteiger partial charge in [0, 0.05) is 49.3 Å². The molecule has 4 heterocycles. The zero-order valence-corrected chi connectivity index (χ0v) is 18.8. The van der Waals surface area contributed by atoms with Crippen molar-refractivity contribution in [3.05, 3.63) is 65.9 Å². The van der Waals surface area contributed by atoms with Crippen molar-refractivity contribution in [2.45, 2.75) is 37.8 Å². The number of nitrogens with two attached hydrogens (primary N) is 1. The quantitative estimate of drug-likeness (QED) is 0.573. The Morgan fingerprint density at radius 3 is 2.61 bits per heavy atom. The maximum atomic E-state index is 13.7. The van der Waals surface area contributed by atoms with Gasteiger partial charge in [0.25, 0.3) is 0 Å². The monoisotopic (exact) mass is 448 g/mol. The van der Waals surface area contributed by atoms with E-state index in [1.54, 1.807) is 12.3 Å². The minimum Gasteiger partial charge on any atom is -0.383 e. The molecule has 2 aromatic heterocycles. The number of benzene rings is 1. The summed E-state index contributed by atoms with van der Waals surface area (Å²) in [5.41, 5.74) is 12.1. The summed E-state index contributed by atoms with van der Waals surface area (Å²) in [4.78, 5) is 8.05. The molecule has 1 unspecified atom stereocenters. The third kappa shape index (κ3) is 4.76. The number of morpholine rings is 1. The Kier molecular flexibility index (Phi) is 6.35. The number of hydrogen-bond donors (Lipinski definition) is 2. The van der Waals surface area contributed by atoms with Gasteiger partial charge in [0.05, 0.1) is 18.8 Å². The first-order valence-electron chi connectivity index (χ1n) is 11.5. The number of ether oxygens (including phenoxy) is 2. The van der Waals surface area contributed by atoms with Crippen LogP contribution >= 0.6 is 0 Å². The Hall–Kier alpha value is -2.87. The SMILES string of the molecule is C[C@H]1CNC(c2cc(-c3cnc(N)c(-c4ccnc(F)c4)c3)ccc2C2CCOCC2)CO1. The Morgan fingerprint density at radius 2 is 1.85 bits per heavy atom. The highest BCUT2D eigenvalue weighted by Gasteiger charge is 2.26. The Morgan fingerprint density at radius 1 is 1.00 bits per heavy atom. The van der Waals surface area contributed by atoms with Gasteiger partial charge in [0.15, 0.2) is 0 Å². The Balaban J connectivity index is 1.54. The van der Waals surface area contributed by atoms with Crippen LogP contribution in [0.4, 0.5) is 10.2 Å². The summed E-state index contributed by atoms with van der Waals surface area (Å²) in [5.74, 6) is 0.293. The van der Waals surface area contributed by atoms with Crippen molar-refractivity contribution in [3.63, 3.8) is 0 Å². The summed E-state index contributed by atoms with van der Waals surface area (Å²) < 4.78 is 25.3. The number of nitrogens with one attached hydrogen (secondary N) is 1. The van der Waals surface area contributed by atoms with E-state index >= 15 is 0 Å². The van der Waals surface area contributed by atoms with Crippen LogP contribution in [0.1, 0.15) is 42.9 Å². The van der Waals surface area contributed by atoms with Crippen LogP contribution in [0, 0.1) is 5.95 Å². The topological polar surface area (TPSA) is 82.3 Å². The molecule has 3 N–H and O–H groups in total. The average molecular weight is 449 g/mol. The second-order valence-electron chi connectivity index (χ2n) is 8.86. The number of nitrogen functional groups attached to an aromatic ring is 1. The molecular formula is C26H29FN4O2. The molecule has 2 atom stereocenters. The van der Waals surface area contributed by atoms with Gasteiger partial charge in [-0.25, -0.2) is 9.97 Å². The lowest BCUT2D eigenvalue weighted by molar-refractivity contribution is 0.0144. The molecule has 2 aliphatic rings. The molecule has 0 amide bonds. The fourth-order valence-corrected chi connectivity index (χ4v) is 4.76. The lowest BCUT2D eigenvalue weighted by atomic mass is 9.84. The van der Waals surface area contributed by atoms with Crippen molar-refractivity contribution in [1.82, 2.24) is 15.3 Å². The number of rotatable bonds is 4. The highest BCUT2D eigenvalue weighted by atomic mass is 19.1. The summed E-state index contributed by atoms with van der Waals surface area (Å²) in [6, 6.07) is 11.8. The predicted octanol–water partition coefficient (Wildman–Crippen LogP) is 4.48. The van der Waals surface area contributed by atoms with Crippen LogP contribution in [0.15, 0.2) is 48.8 Å². The van der Waals surface area contributed by atoms with Crippen LogP contribution in [-0.4, -0.2) is 42.4 Å². The maximum Gasteiger partial charge on any atom is 0.213 e. The van der Waals surface area contributed by atoms with Crippen molar-refractivity contribution in [2.24, 2.45) is 0 Å². The number of pyridine rings is 2. The van der Waals surface area contributed by atoms with Crippen LogP contribution in [0.25, 0.3) is 22.3 Å². The first-order chi connectivity index (χ1) is 16.1. The van der Waals surface area contributed by atoms with Gasteiger partial charge in [0.2, 0.25) is 5.95 Å². The molecule has 3 aromatic rings. The lowest BCUT2D eigenvalue weighted by Gasteiger charge is -2.33. The number of aromatic nitrogens is 2. The van der Waals surface area contributed by atoms with Gasteiger partial charge in [-0.15, -0.1) is 0 Å². The zero-order chi connectivity index (χ0) is 22.8. The second-order valence-corrected chi connectivity index (χ2v) is 8.86. The second kappa shape index (κ2) is 9.55. The molecule has 0 radical (unpaired) electrons. The first kappa shape index (κ1) is 21.9. The highest BCUT2D eigenvalue weighted by molar-refractivity contribution is 5.79. The maximum absolute atomic E-state index is 13.7. The van der Waals surface area contributed by atoms with Gasteiger partial charge in [0.1, 0.15) is 5.82 Å². The van der Waals surface area contributed by atoms with Gasteiger partial charge in [-0.2, -0.15) is 4.39 Å². The van der Waals surface area contributed by atoms with E-state index in [9.17, 15) is 4.39 Å². The number of anilines is 1. The van der Waals surface area contributed by atoms with Gasteiger partial charge in [-0.05, 0) is 66.1 Å². The Labute approximate surface area is 193 Å². The van der Waals surface area contributed by atoms with Crippen LogP contribution in [0.5, 0.6) is 0 Å². The molecule has 2 saturated heterocycles. The molecule has 172 valence electrons. The van der Waals surface area contributed by atoms with E-state index in [1.807, 2.05) is 6.07 Å². The number of hydrogen-bond acceptors (Lipinski definition) is 6. The average Bonchev–Trinajstić information content (AvgIpc) is 2.85. The van der Waals surface area contributed by atoms with E-state index < -0.39 is 5.95 Å². The highest BCUT2D eigenvalue weighted by Crippen LogP contribution is 2.37. The van der Waals surface area contributed by atoms with Crippen molar-refractivity contribution in [2.75, 3.05) is 32.1 Å². The van der Waals surface area contributed by atoms with E-state index in [1.165, 1.54) is 23.4 Å². The largest absolute Gasteiger partial charge is 0.383 e. The molecular weight excluding hydrogens is 419 g/mol. The molecule has 2 fully saturated rings. The van der Waals surface area contributed by atoms with Gasteiger partial charge in [-0.1, -0.05) is 12.1 Å². The smallest absolute Gasteiger partial charge is 0.213 e. The van der Waals surface area contributed by atoms with Crippen LogP contribution in [0.2, 0.25) is 0 Å². The third-order valence-electron chi connectivity index (χ3n) is 6.61. The summed E-state index contributed by atoms with van der Waals surface area (Å²) >= 11 is 0. The van der Waals surface area contributed by atoms with Crippen LogP contribution < -0.4 is 11.1 Å². The van der Waals surface area contributed by atoms with Crippen LogP contribution in [-0.2, 0) is 9.47 Å². The van der Waals surface area contributed by atoms with E-state index in [2.05, 4.69) is 40.4 Å². The van der Waals surface area contributed by atoms with Crippen molar-refractivity contribution in [1.29, 1.82) is 0 Å². The molecule has 0 bridgehead atoms. The fraction of sp³-hybridized carbons (Fsp3) is 0.385. The Bertz CT molecular complexity index is 1130. The minimum absolute atomic E-state index is 0.134. The first-order valence-corrected chi connectivity index (χ1v) is 11.5. The zero-order valence-electron chi connectivity index (χ0n) is 18.8. The molecule has 5 rings (SSSR count). The molecule has 0 saturated carbocycles. The summed E-state index contributed by atoms with van der Waals surface area (Å²) in [5, 5.41) is 3.66. The molecule has 1 aromatic carbocycles. The lowest BCUT2D eigenvalue weighted by Crippen LogP contribution is -2.40. The van der Waals surface area contributed by atoms with Gasteiger partial charge < -0.3 is 20.5 Å². The number of halogens is 1. The van der Waals surface area contributed by atoms with Gasteiger partial charge >= 0.3 is 0 Å². The van der Waals surface area contributed by atoms with E-state index in [0.717, 1.165) is 43.7 Å². The van der Waals surface area contributed by atoms with E-state index in [0.29, 0.717) is 29.5 Å². The predicted molar refractivity (Wildman–Crippen MR) is 126 cm³/mol. The van der Waals surface area contributed by atoms with E-state index in [4.69, 9.17) is 15.2 Å². The van der Waals surface area contributed by atoms with Crippen LogP contribution in [0.3, 0.4) is 0 Å². The van der Waals surface area contributed by atoms with Crippen molar-refractivity contribution >= 4 is 5.82 Å². The molecule has 2 aliphatic heterocycles. The molecule has 6 nitrogen and oxygen atoms in total. The third-order valence-corrected chi connectivity index (χ3v) is 6.61. The molecule has 0 aliphatic carbocycles. The standard InChI is InChI=1S/C26H29FN4O2/c1-16-13-30-24(15-33-16)23-10-18(2-3-21(23)17-5-8-32-9-6-17)20-11-22(26(28)31-14-20)19-4-7-29-25(27)12-19/h2-4,7,10-12,14,16-17,24,30H,5-6,8-9,13,15H2,1H3,(H2,28,31)/t16-,24?/m0/s1. The van der Waals surface area contributed by atoms with Gasteiger partial charge in [-0.3, -0.25) is 0 Å².